The van der Waals surface area contributed by atoms with Gasteiger partial charge in [0.05, 0.1) is 11.8 Å². The average molecular weight is 324 g/mol. The zero-order valence-electron chi connectivity index (χ0n) is 14.3. The Bertz CT molecular complexity index is 647. The maximum atomic E-state index is 11.9. The van der Waals surface area contributed by atoms with Crippen LogP contribution < -0.4 is 10.3 Å². The van der Waals surface area contributed by atoms with Gasteiger partial charge < -0.3 is 4.90 Å². The Labute approximate surface area is 143 Å². The van der Waals surface area contributed by atoms with Crippen LogP contribution in [-0.4, -0.2) is 30.2 Å². The standard InChI is InChI=1S/C19H24N4O/c1-3-12-23(13-4-2)18-9-7-16(8-10-18)14-21-22-19(24)17-6-5-11-20-15-17/h5-11,14-15H,3-4,12-13H2,1-2H3,(H,22,24). The number of carbonyl (C=O) groups excluding carboxylic acids is 1. The van der Waals surface area contributed by atoms with Gasteiger partial charge in [-0.15, -0.1) is 0 Å². The molecule has 0 saturated heterocycles. The molecule has 0 aliphatic carbocycles. The molecule has 5 heteroatoms. The van der Waals surface area contributed by atoms with Crippen molar-refractivity contribution in [1.82, 2.24) is 10.4 Å². The van der Waals surface area contributed by atoms with E-state index in [4.69, 9.17) is 0 Å². The van der Waals surface area contributed by atoms with Crippen LogP contribution in [0.5, 0.6) is 0 Å². The Morgan fingerprint density at radius 3 is 2.46 bits per heavy atom. The molecule has 1 heterocycles. The lowest BCUT2D eigenvalue weighted by Gasteiger charge is -2.23. The summed E-state index contributed by atoms with van der Waals surface area (Å²) in [6, 6.07) is 11.6. The third kappa shape index (κ3) is 5.19. The zero-order valence-corrected chi connectivity index (χ0v) is 14.3. The highest BCUT2D eigenvalue weighted by Crippen LogP contribution is 2.15. The monoisotopic (exact) mass is 324 g/mol. The van der Waals surface area contributed by atoms with E-state index in [2.05, 4.69) is 46.4 Å². The first-order valence-corrected chi connectivity index (χ1v) is 8.33. The molecule has 1 aromatic heterocycles. The number of benzene rings is 1. The summed E-state index contributed by atoms with van der Waals surface area (Å²) in [5.74, 6) is -0.270. The number of amides is 1. The van der Waals surface area contributed by atoms with Gasteiger partial charge in [-0.2, -0.15) is 5.10 Å². The van der Waals surface area contributed by atoms with Gasteiger partial charge in [0.25, 0.3) is 5.91 Å². The lowest BCUT2D eigenvalue weighted by molar-refractivity contribution is 0.0955. The number of rotatable bonds is 8. The summed E-state index contributed by atoms with van der Waals surface area (Å²) < 4.78 is 0. The third-order valence-electron chi connectivity index (χ3n) is 3.55. The molecule has 0 aliphatic rings. The second-order valence-corrected chi connectivity index (χ2v) is 5.52. The first kappa shape index (κ1) is 17.7. The van der Waals surface area contributed by atoms with E-state index in [1.54, 1.807) is 24.5 Å². The molecule has 2 aromatic rings. The molecule has 0 fully saturated rings. The molecule has 0 unspecified atom stereocenters. The smallest absolute Gasteiger partial charge is 0.272 e. The number of anilines is 1. The molecule has 2 rings (SSSR count). The van der Waals surface area contributed by atoms with Gasteiger partial charge in [-0.05, 0) is 42.7 Å². The molecule has 0 atom stereocenters. The van der Waals surface area contributed by atoms with Gasteiger partial charge in [0.15, 0.2) is 0 Å². The summed E-state index contributed by atoms with van der Waals surface area (Å²) in [5, 5.41) is 4.00. The average Bonchev–Trinajstić information content (AvgIpc) is 2.63. The molecular weight excluding hydrogens is 300 g/mol. The second kappa shape index (κ2) is 9.45. The van der Waals surface area contributed by atoms with Crippen molar-refractivity contribution < 1.29 is 4.79 Å². The molecule has 1 N–H and O–H groups in total. The molecule has 0 aliphatic heterocycles. The molecule has 1 amide bonds. The molecule has 1 aromatic carbocycles. The van der Waals surface area contributed by atoms with Crippen molar-refractivity contribution in [2.75, 3.05) is 18.0 Å². The van der Waals surface area contributed by atoms with Crippen molar-refractivity contribution in [2.45, 2.75) is 26.7 Å². The minimum Gasteiger partial charge on any atom is -0.372 e. The highest BCUT2D eigenvalue weighted by Gasteiger charge is 2.04. The number of nitrogens with zero attached hydrogens (tertiary/aromatic N) is 3. The number of hydrogen-bond donors (Lipinski definition) is 1. The van der Waals surface area contributed by atoms with E-state index in [1.165, 1.54) is 11.9 Å². The van der Waals surface area contributed by atoms with E-state index >= 15 is 0 Å². The summed E-state index contributed by atoms with van der Waals surface area (Å²) in [5.41, 5.74) is 5.15. The van der Waals surface area contributed by atoms with Crippen LogP contribution in [0.25, 0.3) is 0 Å². The number of aromatic nitrogens is 1. The highest BCUT2D eigenvalue weighted by atomic mass is 16.2. The van der Waals surface area contributed by atoms with E-state index in [0.717, 1.165) is 31.5 Å². The van der Waals surface area contributed by atoms with Gasteiger partial charge in [-0.1, -0.05) is 26.0 Å². The van der Waals surface area contributed by atoms with Crippen LogP contribution in [0, 0.1) is 0 Å². The Balaban J connectivity index is 1.94. The number of nitrogens with one attached hydrogen (secondary N) is 1. The van der Waals surface area contributed by atoms with Gasteiger partial charge in [0.1, 0.15) is 0 Å². The molecule has 0 spiro atoms. The van der Waals surface area contributed by atoms with Crippen molar-refractivity contribution in [3.8, 4) is 0 Å². The fourth-order valence-corrected chi connectivity index (χ4v) is 2.41. The van der Waals surface area contributed by atoms with Gasteiger partial charge in [0.2, 0.25) is 0 Å². The van der Waals surface area contributed by atoms with Crippen molar-refractivity contribution in [1.29, 1.82) is 0 Å². The van der Waals surface area contributed by atoms with Crippen LogP contribution in [0.4, 0.5) is 5.69 Å². The first-order chi connectivity index (χ1) is 11.7. The van der Waals surface area contributed by atoms with Crippen LogP contribution in [0.1, 0.15) is 42.6 Å². The lowest BCUT2D eigenvalue weighted by Crippen LogP contribution is -2.24. The molecule has 5 nitrogen and oxygen atoms in total. The van der Waals surface area contributed by atoms with Gasteiger partial charge in [-0.3, -0.25) is 9.78 Å². The molecular formula is C19H24N4O. The number of hydrazone groups is 1. The van der Waals surface area contributed by atoms with E-state index in [0.29, 0.717) is 5.56 Å². The summed E-state index contributed by atoms with van der Waals surface area (Å²) in [4.78, 5) is 18.1. The molecule has 0 saturated carbocycles. The minimum absolute atomic E-state index is 0.270. The Morgan fingerprint density at radius 2 is 1.88 bits per heavy atom. The van der Waals surface area contributed by atoms with E-state index in [-0.39, 0.29) is 5.91 Å². The summed E-state index contributed by atoms with van der Waals surface area (Å²) in [7, 11) is 0. The maximum Gasteiger partial charge on any atom is 0.272 e. The van der Waals surface area contributed by atoms with Gasteiger partial charge >= 0.3 is 0 Å². The van der Waals surface area contributed by atoms with Crippen molar-refractivity contribution >= 4 is 17.8 Å². The molecule has 0 bridgehead atoms. The van der Waals surface area contributed by atoms with Crippen molar-refractivity contribution in [3.05, 3.63) is 59.9 Å². The van der Waals surface area contributed by atoms with Crippen LogP contribution in [0.3, 0.4) is 0 Å². The lowest BCUT2D eigenvalue weighted by atomic mass is 10.2. The fraction of sp³-hybridized carbons (Fsp3) is 0.316. The normalized spacial score (nSPS) is 10.8. The van der Waals surface area contributed by atoms with Crippen LogP contribution in [-0.2, 0) is 0 Å². The van der Waals surface area contributed by atoms with Crippen LogP contribution in [0.15, 0.2) is 53.9 Å². The largest absolute Gasteiger partial charge is 0.372 e. The predicted molar refractivity (Wildman–Crippen MR) is 98.5 cm³/mol. The van der Waals surface area contributed by atoms with E-state index in [9.17, 15) is 4.79 Å². The Kier molecular flexibility index (Phi) is 6.95. The summed E-state index contributed by atoms with van der Waals surface area (Å²) in [6.45, 7) is 6.49. The number of hydrogen-bond acceptors (Lipinski definition) is 4. The molecule has 24 heavy (non-hydrogen) atoms. The Morgan fingerprint density at radius 1 is 1.17 bits per heavy atom. The van der Waals surface area contributed by atoms with Crippen LogP contribution >= 0.6 is 0 Å². The predicted octanol–water partition coefficient (Wildman–Crippen LogP) is 3.47. The quantitative estimate of drug-likeness (QED) is 0.597. The number of carbonyl (C=O) groups is 1. The fourth-order valence-electron chi connectivity index (χ4n) is 2.41. The van der Waals surface area contributed by atoms with E-state index < -0.39 is 0 Å². The van der Waals surface area contributed by atoms with Gasteiger partial charge in [-0.25, -0.2) is 5.43 Å². The van der Waals surface area contributed by atoms with Crippen molar-refractivity contribution in [3.63, 3.8) is 0 Å². The topological polar surface area (TPSA) is 57.6 Å². The Hall–Kier alpha value is -2.69. The molecule has 126 valence electrons. The zero-order chi connectivity index (χ0) is 17.2. The first-order valence-electron chi connectivity index (χ1n) is 8.33. The maximum absolute atomic E-state index is 11.9. The summed E-state index contributed by atoms with van der Waals surface area (Å²) >= 11 is 0. The molecule has 0 radical (unpaired) electrons. The van der Waals surface area contributed by atoms with Crippen LogP contribution in [0.2, 0.25) is 0 Å². The SMILES string of the molecule is CCCN(CCC)c1ccc(C=NNC(=O)c2cccnc2)cc1. The highest BCUT2D eigenvalue weighted by molar-refractivity contribution is 5.94. The van der Waals surface area contributed by atoms with Crippen molar-refractivity contribution in [2.24, 2.45) is 5.10 Å². The number of pyridine rings is 1. The second-order valence-electron chi connectivity index (χ2n) is 5.52. The minimum atomic E-state index is -0.270. The third-order valence-corrected chi connectivity index (χ3v) is 3.55. The summed E-state index contributed by atoms with van der Waals surface area (Å²) in [6.07, 6.45) is 7.03. The van der Waals surface area contributed by atoms with E-state index in [1.807, 2.05) is 12.1 Å². The van der Waals surface area contributed by atoms with Gasteiger partial charge in [0, 0.05) is 31.2 Å².